The molecule has 0 atom stereocenters. The van der Waals surface area contributed by atoms with Crippen molar-refractivity contribution >= 4 is 5.78 Å². The topological polar surface area (TPSA) is 35.5 Å². The molecule has 2 rings (SSSR count). The molecule has 0 aromatic heterocycles. The van der Waals surface area contributed by atoms with Crippen LogP contribution in [0.5, 0.6) is 11.5 Å². The summed E-state index contributed by atoms with van der Waals surface area (Å²) in [6.07, 6.45) is 3.09. The number of ketones is 1. The van der Waals surface area contributed by atoms with Gasteiger partial charge in [-0.05, 0) is 43.0 Å². The average molecular weight is 326 g/mol. The first kappa shape index (κ1) is 18.1. The van der Waals surface area contributed by atoms with E-state index in [1.54, 1.807) is 0 Å². The highest BCUT2D eigenvalue weighted by atomic mass is 16.5. The third-order valence-corrected chi connectivity index (χ3v) is 3.67. The van der Waals surface area contributed by atoms with E-state index in [-0.39, 0.29) is 5.78 Å². The molecular weight excluding hydrogens is 300 g/mol. The van der Waals surface area contributed by atoms with Crippen LogP contribution in [0.2, 0.25) is 0 Å². The maximum atomic E-state index is 12.5. The van der Waals surface area contributed by atoms with E-state index >= 15 is 0 Å². The molecule has 0 bridgehead atoms. The number of carbonyl (C=O) groups is 1. The summed E-state index contributed by atoms with van der Waals surface area (Å²) in [5.41, 5.74) is 1.86. The van der Waals surface area contributed by atoms with Crippen molar-refractivity contribution in [1.82, 2.24) is 0 Å². The van der Waals surface area contributed by atoms with Crippen molar-refractivity contribution in [3.63, 3.8) is 0 Å². The second-order valence-electron chi connectivity index (χ2n) is 5.77. The minimum atomic E-state index is 0.127. The fourth-order valence-corrected chi connectivity index (χ4v) is 2.38. The van der Waals surface area contributed by atoms with Crippen LogP contribution in [0.1, 0.15) is 49.0 Å². The number of ether oxygens (including phenoxy) is 2. The van der Waals surface area contributed by atoms with Gasteiger partial charge >= 0.3 is 0 Å². The number of benzene rings is 2. The average Bonchev–Trinajstić information content (AvgIpc) is 2.63. The van der Waals surface area contributed by atoms with Crippen LogP contribution < -0.4 is 9.47 Å². The Labute approximate surface area is 144 Å². The molecule has 128 valence electrons. The molecule has 24 heavy (non-hydrogen) atoms. The third-order valence-electron chi connectivity index (χ3n) is 3.67. The highest BCUT2D eigenvalue weighted by molar-refractivity contribution is 5.96. The van der Waals surface area contributed by atoms with Crippen molar-refractivity contribution in [2.75, 3.05) is 13.2 Å². The van der Waals surface area contributed by atoms with Crippen molar-refractivity contribution in [1.29, 1.82) is 0 Å². The quantitative estimate of drug-likeness (QED) is 0.571. The van der Waals surface area contributed by atoms with Crippen LogP contribution in [0.15, 0.2) is 48.5 Å². The van der Waals surface area contributed by atoms with Gasteiger partial charge in [-0.25, -0.2) is 0 Å². The molecule has 0 N–H and O–H groups in total. The summed E-state index contributed by atoms with van der Waals surface area (Å²) < 4.78 is 11.5. The predicted octanol–water partition coefficient (Wildman–Crippen LogP) is 5.08. The maximum Gasteiger partial charge on any atom is 0.163 e. The first-order chi connectivity index (χ1) is 11.7. The Kier molecular flexibility index (Phi) is 7.34. The van der Waals surface area contributed by atoms with Gasteiger partial charge < -0.3 is 9.47 Å². The number of carbonyl (C=O) groups excluding carboxylic acids is 1. The number of hydrogen-bond acceptors (Lipinski definition) is 3. The van der Waals surface area contributed by atoms with Gasteiger partial charge in [0, 0.05) is 12.0 Å². The van der Waals surface area contributed by atoms with E-state index in [2.05, 4.69) is 13.8 Å². The summed E-state index contributed by atoms with van der Waals surface area (Å²) in [5.74, 6) is 1.50. The van der Waals surface area contributed by atoms with Gasteiger partial charge in [0.05, 0.1) is 13.2 Å². The molecule has 0 aliphatic heterocycles. The molecule has 0 aliphatic rings. The Morgan fingerprint density at radius 1 is 0.875 bits per heavy atom. The van der Waals surface area contributed by atoms with E-state index < -0.39 is 0 Å². The molecule has 2 aromatic rings. The van der Waals surface area contributed by atoms with E-state index in [1.807, 2.05) is 48.5 Å². The first-order valence-corrected chi connectivity index (χ1v) is 8.71. The monoisotopic (exact) mass is 326 g/mol. The number of Topliss-reactive ketones (excluding diaryl/α,β-unsaturated/α-hetero) is 1. The van der Waals surface area contributed by atoms with Gasteiger partial charge in [0.25, 0.3) is 0 Å². The molecule has 0 saturated carbocycles. The molecule has 0 saturated heterocycles. The lowest BCUT2D eigenvalue weighted by molar-refractivity contribution is 0.0982. The number of rotatable bonds is 10. The van der Waals surface area contributed by atoms with E-state index in [0.717, 1.165) is 19.3 Å². The summed E-state index contributed by atoms with van der Waals surface area (Å²) in [4.78, 5) is 12.5. The van der Waals surface area contributed by atoms with Crippen LogP contribution >= 0.6 is 0 Å². The summed E-state index contributed by atoms with van der Waals surface area (Å²) in [6.45, 7) is 5.38. The summed E-state index contributed by atoms with van der Waals surface area (Å²) in [6, 6.07) is 15.6. The number of aryl methyl sites for hydroxylation is 1. The fraction of sp³-hybridized carbons (Fsp3) is 0.381. The minimum Gasteiger partial charge on any atom is -0.490 e. The standard InChI is InChI=1S/C21H26O3/c1-3-14-23-20-13-11-18(16-21(20)24-15-4-2)19(22)12-10-17-8-6-5-7-9-17/h5-9,11,13,16H,3-4,10,12,14-15H2,1-2H3. The SMILES string of the molecule is CCCOc1ccc(C(=O)CCc2ccccc2)cc1OCCC. The zero-order valence-electron chi connectivity index (χ0n) is 14.6. The van der Waals surface area contributed by atoms with Crippen molar-refractivity contribution in [3.8, 4) is 11.5 Å². The van der Waals surface area contributed by atoms with Gasteiger partial charge in [-0.15, -0.1) is 0 Å². The van der Waals surface area contributed by atoms with Crippen LogP contribution in [0.4, 0.5) is 0 Å². The van der Waals surface area contributed by atoms with Gasteiger partial charge in [0.1, 0.15) is 0 Å². The minimum absolute atomic E-state index is 0.127. The van der Waals surface area contributed by atoms with Gasteiger partial charge in [0.15, 0.2) is 17.3 Å². The molecule has 2 aromatic carbocycles. The highest BCUT2D eigenvalue weighted by Crippen LogP contribution is 2.29. The lowest BCUT2D eigenvalue weighted by atomic mass is 10.0. The smallest absolute Gasteiger partial charge is 0.163 e. The lowest BCUT2D eigenvalue weighted by Gasteiger charge is -2.13. The summed E-state index contributed by atoms with van der Waals surface area (Å²) in [7, 11) is 0. The zero-order valence-corrected chi connectivity index (χ0v) is 14.6. The molecule has 0 heterocycles. The molecule has 0 unspecified atom stereocenters. The van der Waals surface area contributed by atoms with Crippen molar-refractivity contribution in [2.24, 2.45) is 0 Å². The van der Waals surface area contributed by atoms with Gasteiger partial charge in [-0.2, -0.15) is 0 Å². The van der Waals surface area contributed by atoms with E-state index in [0.29, 0.717) is 36.7 Å². The van der Waals surface area contributed by atoms with E-state index in [9.17, 15) is 4.79 Å². The Morgan fingerprint density at radius 2 is 1.54 bits per heavy atom. The first-order valence-electron chi connectivity index (χ1n) is 8.71. The second kappa shape index (κ2) is 9.76. The molecule has 0 spiro atoms. The molecule has 0 fully saturated rings. The zero-order chi connectivity index (χ0) is 17.2. The molecule has 0 radical (unpaired) electrons. The Hall–Kier alpha value is -2.29. The maximum absolute atomic E-state index is 12.5. The Bertz CT molecular complexity index is 635. The lowest BCUT2D eigenvalue weighted by Crippen LogP contribution is -2.05. The van der Waals surface area contributed by atoms with Gasteiger partial charge in [0.2, 0.25) is 0 Å². The van der Waals surface area contributed by atoms with Gasteiger partial charge in [-0.3, -0.25) is 4.79 Å². The third kappa shape index (κ3) is 5.41. The van der Waals surface area contributed by atoms with Crippen LogP contribution in [0.25, 0.3) is 0 Å². The fourth-order valence-electron chi connectivity index (χ4n) is 2.38. The van der Waals surface area contributed by atoms with Crippen LogP contribution in [-0.2, 0) is 6.42 Å². The van der Waals surface area contributed by atoms with Crippen molar-refractivity contribution < 1.29 is 14.3 Å². The van der Waals surface area contributed by atoms with E-state index in [1.165, 1.54) is 5.56 Å². The molecule has 0 aliphatic carbocycles. The molecule has 3 heteroatoms. The highest BCUT2D eigenvalue weighted by Gasteiger charge is 2.12. The molecular formula is C21H26O3. The summed E-state index contributed by atoms with van der Waals surface area (Å²) in [5, 5.41) is 0. The summed E-state index contributed by atoms with van der Waals surface area (Å²) >= 11 is 0. The predicted molar refractivity (Wildman–Crippen MR) is 97.1 cm³/mol. The van der Waals surface area contributed by atoms with Crippen molar-refractivity contribution in [3.05, 3.63) is 59.7 Å². The second-order valence-corrected chi connectivity index (χ2v) is 5.77. The van der Waals surface area contributed by atoms with E-state index in [4.69, 9.17) is 9.47 Å². The number of hydrogen-bond donors (Lipinski definition) is 0. The van der Waals surface area contributed by atoms with Gasteiger partial charge in [-0.1, -0.05) is 44.2 Å². The Morgan fingerprint density at radius 3 is 2.21 bits per heavy atom. The van der Waals surface area contributed by atoms with Crippen LogP contribution in [0.3, 0.4) is 0 Å². The normalized spacial score (nSPS) is 10.4. The Balaban J connectivity index is 2.06. The van der Waals surface area contributed by atoms with Crippen molar-refractivity contribution in [2.45, 2.75) is 39.5 Å². The van der Waals surface area contributed by atoms with Crippen LogP contribution in [0, 0.1) is 0 Å². The molecule has 0 amide bonds. The molecule has 3 nitrogen and oxygen atoms in total. The van der Waals surface area contributed by atoms with Crippen LogP contribution in [-0.4, -0.2) is 19.0 Å². The largest absolute Gasteiger partial charge is 0.490 e.